The van der Waals surface area contributed by atoms with Crippen molar-refractivity contribution in [1.29, 1.82) is 0 Å². The van der Waals surface area contributed by atoms with Gasteiger partial charge in [-0.05, 0) is 160 Å². The van der Waals surface area contributed by atoms with Gasteiger partial charge in [0.1, 0.15) is 17.7 Å². The predicted octanol–water partition coefficient (Wildman–Crippen LogP) is 20.7. The Kier molecular flexibility index (Phi) is 48.9. The predicted molar refractivity (Wildman–Crippen MR) is 342 cm³/mol. The highest BCUT2D eigenvalue weighted by Gasteiger charge is 2.32. The molecule has 0 aromatic heterocycles. The summed E-state index contributed by atoms with van der Waals surface area (Å²) in [5, 5.41) is 0. The number of unbranched alkanes of at least 4 members (excludes halogenated alkanes) is 22. The molecule has 0 aromatic carbocycles. The maximum Gasteiger partial charge on any atom is 0.306 e. The zero-order chi connectivity index (χ0) is 58.0. The average molecular weight is 1110 g/mol. The molecular weight excluding hydrogens is 973 g/mol. The van der Waals surface area contributed by atoms with Gasteiger partial charge in [0, 0.05) is 43.9 Å². The summed E-state index contributed by atoms with van der Waals surface area (Å²) < 4.78 is 12.4. The molecule has 3 atom stereocenters. The first-order chi connectivity index (χ1) is 38.3. The summed E-state index contributed by atoms with van der Waals surface area (Å²) in [5.74, 6) is 2.75. The van der Waals surface area contributed by atoms with Crippen LogP contribution < -0.4 is 0 Å². The number of nitrogens with zero attached hydrogens (tertiary/aromatic N) is 2. The number of hydrogen-bond acceptors (Lipinski definition) is 7. The van der Waals surface area contributed by atoms with Crippen molar-refractivity contribution in [2.75, 3.05) is 46.4 Å². The Hall–Kier alpha value is -2.05. The van der Waals surface area contributed by atoms with Crippen molar-refractivity contribution in [3.05, 3.63) is 30.5 Å². The van der Waals surface area contributed by atoms with Gasteiger partial charge in [-0.3, -0.25) is 19.3 Å². The molecule has 2 heterocycles. The van der Waals surface area contributed by atoms with Gasteiger partial charge >= 0.3 is 5.97 Å². The van der Waals surface area contributed by atoms with Gasteiger partial charge in [0.25, 0.3) is 0 Å². The fourth-order valence-corrected chi connectivity index (χ4v) is 12.3. The summed E-state index contributed by atoms with van der Waals surface area (Å²) in [4.78, 5) is 43.1. The second-order valence-corrected chi connectivity index (χ2v) is 26.0. The number of ketones is 2. The van der Waals surface area contributed by atoms with Crippen LogP contribution in [-0.2, 0) is 23.9 Å². The highest BCUT2D eigenvalue weighted by Crippen LogP contribution is 2.31. The second kappa shape index (κ2) is 51.6. The van der Waals surface area contributed by atoms with Crippen LogP contribution in [0.15, 0.2) is 30.5 Å². The second-order valence-electron chi connectivity index (χ2n) is 26.0. The largest absolute Gasteiger partial charge is 0.462 e. The Balaban J connectivity index is 0.00000167. The highest BCUT2D eigenvalue weighted by atomic mass is 16.5. The summed E-state index contributed by atoms with van der Waals surface area (Å²) >= 11 is 0. The van der Waals surface area contributed by atoms with Crippen LogP contribution in [0, 0.1) is 23.2 Å². The number of ether oxygens (including phenoxy) is 2. The molecule has 2 aliphatic rings. The van der Waals surface area contributed by atoms with Crippen molar-refractivity contribution in [1.82, 2.24) is 9.80 Å². The molecule has 0 saturated carbocycles. The molecule has 0 spiro atoms. The van der Waals surface area contributed by atoms with Gasteiger partial charge in [0.15, 0.2) is 0 Å². The van der Waals surface area contributed by atoms with Crippen LogP contribution in [0.25, 0.3) is 0 Å². The summed E-state index contributed by atoms with van der Waals surface area (Å²) in [6, 6.07) is 0.419. The number of carbonyl (C=O) groups is 3. The van der Waals surface area contributed by atoms with Gasteiger partial charge in [0.05, 0.1) is 6.61 Å². The molecule has 7 nitrogen and oxygen atoms in total. The molecule has 7 heteroatoms. The smallest absolute Gasteiger partial charge is 0.306 e. The number of hydrogen-bond donors (Lipinski definition) is 0. The molecule has 462 valence electrons. The van der Waals surface area contributed by atoms with Gasteiger partial charge in [-0.15, -0.1) is 12.3 Å². The third kappa shape index (κ3) is 41.6. The zero-order valence-electron chi connectivity index (χ0n) is 54.2. The third-order valence-corrected chi connectivity index (χ3v) is 18.2. The molecule has 0 aliphatic carbocycles. The normalized spacial score (nSPS) is 17.2. The number of rotatable bonds is 52. The van der Waals surface area contributed by atoms with E-state index in [-0.39, 0.29) is 23.3 Å². The molecule has 0 amide bonds. The maximum atomic E-state index is 13.2. The van der Waals surface area contributed by atoms with Gasteiger partial charge < -0.3 is 14.4 Å². The van der Waals surface area contributed by atoms with Gasteiger partial charge in [-0.2, -0.15) is 0 Å². The van der Waals surface area contributed by atoms with Crippen molar-refractivity contribution in [2.45, 2.75) is 343 Å². The topological polar surface area (TPSA) is 76.2 Å². The summed E-state index contributed by atoms with van der Waals surface area (Å²) in [5.41, 5.74) is 4.30. The SMILES string of the molecule is C=C=C(CCC(=O)CC[C@H]1C[C@@H](COCCCCCCCC(=O)OC(CCCCCCCC)CCCCCCCC)N(CCCCCCC(C)(C)C(C)=O)C1)C1CCCN(C)CC1.C=CCCCC(CCCCC)CCCCC. The van der Waals surface area contributed by atoms with E-state index in [9.17, 15) is 14.4 Å². The standard InChI is InChI=1S/C56H102N2O5.C16H32/c1-8-11-13-15-18-24-32-54(33-25-19-16-14-12-9-2)63-55(61)34-26-20-17-23-29-44-62-47-52-45-49(46-58(52)42-28-22-21-27-40-56(5,6)48(4)59)35-37-53(60)38-36-50(10-3)51-31-30-41-57(7)43-39-51;1-4-7-10-13-16(14-11-8-5-2)15-12-9-6-3/h49,51-52,54H,3,8-9,11-47H2,1-2,4-7H3;4,16H,1,5-15H2,2-3H3/t49-,51?,52-;/m0./s1. The van der Waals surface area contributed by atoms with Crippen molar-refractivity contribution in [3.8, 4) is 0 Å². The molecule has 0 aromatic rings. The molecule has 2 rings (SSSR count). The lowest BCUT2D eigenvalue weighted by atomic mass is 9.83. The van der Waals surface area contributed by atoms with Crippen LogP contribution in [0.3, 0.4) is 0 Å². The van der Waals surface area contributed by atoms with Crippen LogP contribution in [-0.4, -0.2) is 85.9 Å². The van der Waals surface area contributed by atoms with Crippen LogP contribution >= 0.6 is 0 Å². The zero-order valence-corrected chi connectivity index (χ0v) is 54.2. The van der Waals surface area contributed by atoms with Gasteiger partial charge in [0.2, 0.25) is 0 Å². The quantitative estimate of drug-likeness (QED) is 0.0260. The number of likely N-dealkylation sites (tertiary alicyclic amines) is 2. The van der Waals surface area contributed by atoms with E-state index in [1.807, 2.05) is 0 Å². The minimum atomic E-state index is -0.213. The van der Waals surface area contributed by atoms with Crippen molar-refractivity contribution >= 4 is 17.5 Å². The third-order valence-electron chi connectivity index (χ3n) is 18.2. The minimum absolute atomic E-state index is 0.0124. The lowest BCUT2D eigenvalue weighted by Gasteiger charge is -2.24. The van der Waals surface area contributed by atoms with E-state index in [0.29, 0.717) is 42.9 Å². The monoisotopic (exact) mass is 1110 g/mol. The van der Waals surface area contributed by atoms with Crippen molar-refractivity contribution in [2.24, 2.45) is 23.2 Å². The molecule has 2 fully saturated rings. The Morgan fingerprint density at radius 3 is 1.82 bits per heavy atom. The molecule has 2 aliphatic heterocycles. The maximum absolute atomic E-state index is 13.2. The minimum Gasteiger partial charge on any atom is -0.462 e. The van der Waals surface area contributed by atoms with E-state index in [2.05, 4.69) is 83.4 Å². The summed E-state index contributed by atoms with van der Waals surface area (Å²) in [6.07, 6.45) is 54.1. The van der Waals surface area contributed by atoms with Crippen LogP contribution in [0.1, 0.15) is 331 Å². The average Bonchev–Trinajstić information content (AvgIpc) is 3.71. The first-order valence-corrected chi connectivity index (χ1v) is 34.6. The first-order valence-electron chi connectivity index (χ1n) is 34.6. The van der Waals surface area contributed by atoms with E-state index >= 15 is 0 Å². The highest BCUT2D eigenvalue weighted by molar-refractivity contribution is 5.81. The molecular formula is C72H134N2O5. The van der Waals surface area contributed by atoms with E-state index < -0.39 is 0 Å². The van der Waals surface area contributed by atoms with Crippen molar-refractivity contribution in [3.63, 3.8) is 0 Å². The number of allylic oxidation sites excluding steroid dienone is 2. The van der Waals surface area contributed by atoms with E-state index in [1.54, 1.807) is 6.92 Å². The van der Waals surface area contributed by atoms with Gasteiger partial charge in [-0.1, -0.05) is 215 Å². The van der Waals surface area contributed by atoms with Crippen molar-refractivity contribution < 1.29 is 23.9 Å². The molecule has 0 N–H and O–H groups in total. The Bertz CT molecular complexity index is 1490. The molecule has 0 radical (unpaired) electrons. The molecule has 2 saturated heterocycles. The van der Waals surface area contributed by atoms with Crippen LogP contribution in [0.5, 0.6) is 0 Å². The van der Waals surface area contributed by atoms with E-state index in [4.69, 9.17) is 9.47 Å². The number of carbonyl (C=O) groups excluding carboxylic acids is 3. The summed E-state index contributed by atoms with van der Waals surface area (Å²) in [6.45, 7) is 28.8. The molecule has 0 bridgehead atoms. The number of esters is 1. The van der Waals surface area contributed by atoms with E-state index in [0.717, 1.165) is 129 Å². The fourth-order valence-electron chi connectivity index (χ4n) is 12.3. The Morgan fingerprint density at radius 2 is 1.20 bits per heavy atom. The molecule has 79 heavy (non-hydrogen) atoms. The fraction of sp³-hybridized carbons (Fsp3) is 0.889. The lowest BCUT2D eigenvalue weighted by molar-refractivity contribution is -0.150. The molecule has 1 unspecified atom stereocenters. The van der Waals surface area contributed by atoms with Crippen LogP contribution in [0.2, 0.25) is 0 Å². The summed E-state index contributed by atoms with van der Waals surface area (Å²) in [7, 11) is 2.21. The van der Waals surface area contributed by atoms with Gasteiger partial charge in [-0.25, -0.2) is 0 Å². The Labute approximate surface area is 492 Å². The lowest BCUT2D eigenvalue weighted by Crippen LogP contribution is -2.34. The van der Waals surface area contributed by atoms with Crippen LogP contribution in [0.4, 0.5) is 0 Å². The van der Waals surface area contributed by atoms with E-state index in [1.165, 1.54) is 185 Å². The Morgan fingerprint density at radius 1 is 0.646 bits per heavy atom. The number of Topliss-reactive ketones (excluding diaryl/α,β-unsaturated/α-hetero) is 2. The first kappa shape index (κ1) is 75.0.